The fourth-order valence-electron chi connectivity index (χ4n) is 2.59. The van der Waals surface area contributed by atoms with E-state index in [0.717, 1.165) is 27.9 Å². The summed E-state index contributed by atoms with van der Waals surface area (Å²) in [5.74, 6) is 0.824. The number of benzene rings is 2. The molecule has 0 N–H and O–H groups in total. The molecule has 0 bridgehead atoms. The summed E-state index contributed by atoms with van der Waals surface area (Å²) < 4.78 is 5.18. The van der Waals surface area contributed by atoms with Crippen LogP contribution in [0.3, 0.4) is 0 Å². The monoisotopic (exact) mass is 304 g/mol. The summed E-state index contributed by atoms with van der Waals surface area (Å²) in [7, 11) is 3.60. The second-order valence-corrected chi connectivity index (χ2v) is 5.23. The van der Waals surface area contributed by atoms with Gasteiger partial charge in [0.25, 0.3) is 0 Å². The summed E-state index contributed by atoms with van der Waals surface area (Å²) in [6, 6.07) is 17.7. The molecule has 0 saturated heterocycles. The molecule has 114 valence electrons. The molecular formula is C18H16N4O. The Morgan fingerprint density at radius 3 is 2.52 bits per heavy atom. The van der Waals surface area contributed by atoms with E-state index in [0.29, 0.717) is 12.2 Å². The molecular weight excluding hydrogens is 288 g/mol. The van der Waals surface area contributed by atoms with E-state index in [4.69, 9.17) is 4.74 Å². The van der Waals surface area contributed by atoms with Crippen LogP contribution in [0.4, 0.5) is 5.69 Å². The van der Waals surface area contributed by atoms with Crippen molar-refractivity contribution in [2.75, 3.05) is 19.1 Å². The fraction of sp³-hybridized carbons (Fsp3) is 0.167. The first kappa shape index (κ1) is 14.8. The second kappa shape index (κ2) is 6.32. The first-order valence-corrected chi connectivity index (χ1v) is 7.22. The number of rotatable bonds is 4. The highest BCUT2D eigenvalue weighted by Crippen LogP contribution is 2.28. The molecule has 23 heavy (non-hydrogen) atoms. The van der Waals surface area contributed by atoms with Crippen molar-refractivity contribution in [2.45, 2.75) is 6.54 Å². The van der Waals surface area contributed by atoms with Crippen LogP contribution in [0.1, 0.15) is 11.3 Å². The van der Waals surface area contributed by atoms with Gasteiger partial charge in [0, 0.05) is 19.0 Å². The van der Waals surface area contributed by atoms with Crippen LogP contribution in [0, 0.1) is 11.3 Å². The Hall–Kier alpha value is -3.13. The lowest BCUT2D eigenvalue weighted by atomic mass is 10.1. The number of anilines is 1. The van der Waals surface area contributed by atoms with Crippen molar-refractivity contribution >= 4 is 16.6 Å². The molecule has 0 aliphatic rings. The third kappa shape index (κ3) is 2.92. The van der Waals surface area contributed by atoms with Crippen LogP contribution in [-0.4, -0.2) is 24.4 Å². The molecule has 2 aromatic carbocycles. The van der Waals surface area contributed by atoms with E-state index in [1.165, 1.54) is 0 Å². The molecule has 0 atom stereocenters. The Labute approximate surface area is 134 Å². The maximum atomic E-state index is 9.37. The summed E-state index contributed by atoms with van der Waals surface area (Å²) >= 11 is 0. The van der Waals surface area contributed by atoms with Crippen molar-refractivity contribution in [3.63, 3.8) is 0 Å². The SMILES string of the molecule is COc1ccc(CN(C)c2c(C#N)nnc3ccccc23)cc1. The molecule has 0 radical (unpaired) electrons. The quantitative estimate of drug-likeness (QED) is 0.741. The van der Waals surface area contributed by atoms with E-state index in [9.17, 15) is 5.26 Å². The van der Waals surface area contributed by atoms with Gasteiger partial charge in [0.2, 0.25) is 0 Å². The smallest absolute Gasteiger partial charge is 0.187 e. The number of nitrogens with zero attached hydrogens (tertiary/aromatic N) is 4. The standard InChI is InChI=1S/C18H16N4O/c1-22(12-13-7-9-14(23-2)10-8-13)18-15-5-3-4-6-16(15)20-21-17(18)11-19/h3-10H,12H2,1-2H3. The first-order chi connectivity index (χ1) is 11.2. The third-order valence-electron chi connectivity index (χ3n) is 3.71. The molecule has 5 nitrogen and oxygen atoms in total. The zero-order valence-electron chi connectivity index (χ0n) is 13.0. The number of aromatic nitrogens is 2. The van der Waals surface area contributed by atoms with Crippen LogP contribution < -0.4 is 9.64 Å². The summed E-state index contributed by atoms with van der Waals surface area (Å²) in [4.78, 5) is 2.03. The number of fused-ring (bicyclic) bond motifs is 1. The van der Waals surface area contributed by atoms with Gasteiger partial charge in [-0.15, -0.1) is 10.2 Å². The predicted molar refractivity (Wildman–Crippen MR) is 89.4 cm³/mol. The van der Waals surface area contributed by atoms with Crippen molar-refractivity contribution in [3.05, 3.63) is 59.8 Å². The topological polar surface area (TPSA) is 62.0 Å². The summed E-state index contributed by atoms with van der Waals surface area (Å²) in [5.41, 5.74) is 3.04. The summed E-state index contributed by atoms with van der Waals surface area (Å²) in [5, 5.41) is 18.4. The van der Waals surface area contributed by atoms with E-state index in [2.05, 4.69) is 16.3 Å². The van der Waals surface area contributed by atoms with Crippen LogP contribution >= 0.6 is 0 Å². The summed E-state index contributed by atoms with van der Waals surface area (Å²) in [6.07, 6.45) is 0. The lowest BCUT2D eigenvalue weighted by Gasteiger charge is -2.21. The van der Waals surface area contributed by atoms with Gasteiger partial charge in [-0.05, 0) is 23.8 Å². The Kier molecular flexibility index (Phi) is 4.07. The van der Waals surface area contributed by atoms with Crippen LogP contribution in [0.15, 0.2) is 48.5 Å². The summed E-state index contributed by atoms with van der Waals surface area (Å²) in [6.45, 7) is 0.661. The minimum atomic E-state index is 0.333. The Balaban J connectivity index is 1.99. The van der Waals surface area contributed by atoms with Crippen LogP contribution in [0.5, 0.6) is 5.75 Å². The van der Waals surface area contributed by atoms with E-state index >= 15 is 0 Å². The molecule has 0 aliphatic carbocycles. The van der Waals surface area contributed by atoms with Gasteiger partial charge in [-0.2, -0.15) is 5.26 Å². The molecule has 3 aromatic rings. The van der Waals surface area contributed by atoms with Crippen molar-refractivity contribution in [1.82, 2.24) is 10.2 Å². The number of hydrogen-bond donors (Lipinski definition) is 0. The van der Waals surface area contributed by atoms with Gasteiger partial charge < -0.3 is 9.64 Å². The second-order valence-electron chi connectivity index (χ2n) is 5.23. The van der Waals surface area contributed by atoms with Gasteiger partial charge in [-0.3, -0.25) is 0 Å². The van der Waals surface area contributed by atoms with Gasteiger partial charge >= 0.3 is 0 Å². The lowest BCUT2D eigenvalue weighted by Crippen LogP contribution is -2.19. The molecule has 3 rings (SSSR count). The number of methoxy groups -OCH3 is 1. The van der Waals surface area contributed by atoms with Gasteiger partial charge in [-0.1, -0.05) is 30.3 Å². The van der Waals surface area contributed by atoms with Crippen LogP contribution in [-0.2, 0) is 6.54 Å². The maximum absolute atomic E-state index is 9.37. The Bertz CT molecular complexity index is 868. The fourth-order valence-corrected chi connectivity index (χ4v) is 2.59. The maximum Gasteiger partial charge on any atom is 0.187 e. The normalized spacial score (nSPS) is 10.3. The number of hydrogen-bond acceptors (Lipinski definition) is 5. The molecule has 1 heterocycles. The van der Waals surface area contributed by atoms with Gasteiger partial charge in [-0.25, -0.2) is 0 Å². The van der Waals surface area contributed by atoms with E-state index in [1.807, 2.05) is 60.5 Å². The van der Waals surface area contributed by atoms with Crippen molar-refractivity contribution < 1.29 is 4.74 Å². The average Bonchev–Trinajstić information content (AvgIpc) is 2.61. The first-order valence-electron chi connectivity index (χ1n) is 7.22. The van der Waals surface area contributed by atoms with Crippen LogP contribution in [0.2, 0.25) is 0 Å². The molecule has 0 fully saturated rings. The molecule has 0 spiro atoms. The molecule has 0 amide bonds. The minimum absolute atomic E-state index is 0.333. The van der Waals surface area contributed by atoms with E-state index in [1.54, 1.807) is 7.11 Å². The molecule has 1 aromatic heterocycles. The molecule has 0 aliphatic heterocycles. The number of ether oxygens (including phenoxy) is 1. The highest BCUT2D eigenvalue weighted by Gasteiger charge is 2.14. The van der Waals surface area contributed by atoms with Crippen molar-refractivity contribution in [1.29, 1.82) is 5.26 Å². The van der Waals surface area contributed by atoms with Gasteiger partial charge in [0.1, 0.15) is 11.8 Å². The van der Waals surface area contributed by atoms with Crippen molar-refractivity contribution in [2.24, 2.45) is 0 Å². The predicted octanol–water partition coefficient (Wildman–Crippen LogP) is 3.15. The van der Waals surface area contributed by atoms with Crippen molar-refractivity contribution in [3.8, 4) is 11.8 Å². The van der Waals surface area contributed by atoms with Gasteiger partial charge in [0.15, 0.2) is 5.69 Å². The number of nitriles is 1. The highest BCUT2D eigenvalue weighted by molar-refractivity contribution is 5.93. The van der Waals surface area contributed by atoms with Gasteiger partial charge in [0.05, 0.1) is 18.3 Å². The third-order valence-corrected chi connectivity index (χ3v) is 3.71. The minimum Gasteiger partial charge on any atom is -0.497 e. The highest BCUT2D eigenvalue weighted by atomic mass is 16.5. The molecule has 0 unspecified atom stereocenters. The Morgan fingerprint density at radius 1 is 1.09 bits per heavy atom. The molecule has 5 heteroatoms. The zero-order chi connectivity index (χ0) is 16.2. The lowest BCUT2D eigenvalue weighted by molar-refractivity contribution is 0.414. The zero-order valence-corrected chi connectivity index (χ0v) is 13.0. The largest absolute Gasteiger partial charge is 0.497 e. The van der Waals surface area contributed by atoms with E-state index in [-0.39, 0.29) is 0 Å². The molecule has 0 saturated carbocycles. The average molecular weight is 304 g/mol. The van der Waals surface area contributed by atoms with Crippen LogP contribution in [0.25, 0.3) is 10.9 Å². The van der Waals surface area contributed by atoms with E-state index < -0.39 is 0 Å². The Morgan fingerprint density at radius 2 is 1.83 bits per heavy atom.